The van der Waals surface area contributed by atoms with Gasteiger partial charge in [0.2, 0.25) is 0 Å². The molecule has 22 heavy (non-hydrogen) atoms. The molecule has 0 aromatic carbocycles. The second-order valence-corrected chi connectivity index (χ2v) is 7.81. The van der Waals surface area contributed by atoms with E-state index < -0.39 is 5.60 Å². The lowest BCUT2D eigenvalue weighted by Crippen LogP contribution is -2.54. The van der Waals surface area contributed by atoms with E-state index in [9.17, 15) is 4.79 Å². The van der Waals surface area contributed by atoms with Gasteiger partial charge in [-0.25, -0.2) is 4.79 Å². The van der Waals surface area contributed by atoms with Gasteiger partial charge in [0.05, 0.1) is 5.38 Å². The Hall–Kier alpha value is -0.870. The third kappa shape index (κ3) is 4.32. The van der Waals surface area contributed by atoms with E-state index in [1.54, 1.807) is 4.90 Å². The summed E-state index contributed by atoms with van der Waals surface area (Å²) in [7, 11) is 0. The van der Waals surface area contributed by atoms with Crippen LogP contribution in [-0.4, -0.2) is 52.5 Å². The summed E-state index contributed by atoms with van der Waals surface area (Å²) in [6.07, 6.45) is 4.38. The van der Waals surface area contributed by atoms with Crippen LogP contribution in [0.2, 0.25) is 0 Å². The molecule has 0 radical (unpaired) electrons. The highest BCUT2D eigenvalue weighted by Gasteiger charge is 2.32. The van der Waals surface area contributed by atoms with Gasteiger partial charge in [-0.05, 0) is 39.8 Å². The van der Waals surface area contributed by atoms with Gasteiger partial charge < -0.3 is 14.5 Å². The van der Waals surface area contributed by atoms with Gasteiger partial charge in [-0.15, -0.1) is 11.6 Å². The molecule has 0 spiro atoms. The Morgan fingerprint density at radius 2 is 2.00 bits per heavy atom. The topological polar surface area (TPSA) is 32.8 Å². The normalized spacial score (nSPS) is 26.5. The van der Waals surface area contributed by atoms with Crippen molar-refractivity contribution in [3.05, 3.63) is 22.9 Å². The van der Waals surface area contributed by atoms with Gasteiger partial charge in [0.25, 0.3) is 0 Å². The number of allylic oxidation sites excluding steroid dienone is 4. The van der Waals surface area contributed by atoms with Crippen LogP contribution < -0.4 is 0 Å². The Morgan fingerprint density at radius 1 is 1.32 bits per heavy atom. The molecule has 1 saturated heterocycles. The molecule has 0 aromatic rings. The molecule has 6 heteroatoms. The largest absolute Gasteiger partial charge is 0.444 e. The number of hydrogen-bond acceptors (Lipinski definition) is 3. The molecule has 1 heterocycles. The number of carbonyl (C=O) groups excluding carboxylic acids is 1. The van der Waals surface area contributed by atoms with Gasteiger partial charge in [0.1, 0.15) is 5.60 Å². The van der Waals surface area contributed by atoms with Gasteiger partial charge in [0.15, 0.2) is 0 Å². The van der Waals surface area contributed by atoms with Crippen molar-refractivity contribution in [1.29, 1.82) is 0 Å². The molecular formula is C16H24Cl2N2O2. The Morgan fingerprint density at radius 3 is 2.55 bits per heavy atom. The van der Waals surface area contributed by atoms with Crippen LogP contribution in [0.4, 0.5) is 4.79 Å². The van der Waals surface area contributed by atoms with Crippen molar-refractivity contribution in [2.75, 3.05) is 19.6 Å². The summed E-state index contributed by atoms with van der Waals surface area (Å²) >= 11 is 12.2. The van der Waals surface area contributed by atoms with E-state index in [0.29, 0.717) is 11.6 Å². The number of amides is 1. The summed E-state index contributed by atoms with van der Waals surface area (Å²) in [6, 6.07) is 0.0969. The average molecular weight is 347 g/mol. The van der Waals surface area contributed by atoms with Gasteiger partial charge in [-0.2, -0.15) is 0 Å². The molecule has 0 N–H and O–H groups in total. The number of nitrogens with zero attached hydrogens (tertiary/aromatic N) is 2. The average Bonchev–Trinajstić information content (AvgIpc) is 2.39. The Labute approximate surface area is 142 Å². The number of hydrogen-bond donors (Lipinski definition) is 0. The first-order valence-electron chi connectivity index (χ1n) is 7.62. The third-order valence-corrected chi connectivity index (χ3v) is 4.67. The minimum absolute atomic E-state index is 0.0969. The maximum Gasteiger partial charge on any atom is 0.410 e. The minimum Gasteiger partial charge on any atom is -0.444 e. The molecule has 0 bridgehead atoms. The molecule has 0 saturated carbocycles. The highest BCUT2D eigenvalue weighted by molar-refractivity contribution is 6.37. The summed E-state index contributed by atoms with van der Waals surface area (Å²) in [5, 5.41) is 0.534. The van der Waals surface area contributed by atoms with Crippen LogP contribution in [0, 0.1) is 0 Å². The molecule has 2 rings (SSSR count). The predicted octanol–water partition coefficient (Wildman–Crippen LogP) is 3.95. The lowest BCUT2D eigenvalue weighted by Gasteiger charge is -2.42. The van der Waals surface area contributed by atoms with Crippen molar-refractivity contribution < 1.29 is 9.53 Å². The van der Waals surface area contributed by atoms with Crippen molar-refractivity contribution in [3.63, 3.8) is 0 Å². The van der Waals surface area contributed by atoms with E-state index in [1.165, 1.54) is 5.70 Å². The van der Waals surface area contributed by atoms with Crippen molar-refractivity contribution in [2.24, 2.45) is 0 Å². The maximum atomic E-state index is 12.2. The van der Waals surface area contributed by atoms with Crippen LogP contribution in [0.25, 0.3) is 0 Å². The van der Waals surface area contributed by atoms with E-state index in [4.69, 9.17) is 27.9 Å². The smallest absolute Gasteiger partial charge is 0.410 e. The van der Waals surface area contributed by atoms with E-state index in [1.807, 2.05) is 39.8 Å². The first kappa shape index (κ1) is 17.5. The molecule has 124 valence electrons. The van der Waals surface area contributed by atoms with Crippen molar-refractivity contribution >= 4 is 29.3 Å². The monoisotopic (exact) mass is 346 g/mol. The zero-order valence-corrected chi connectivity index (χ0v) is 15.1. The number of ether oxygens (including phenoxy) is 1. The van der Waals surface area contributed by atoms with Gasteiger partial charge in [0, 0.05) is 42.8 Å². The number of alkyl halides is 1. The van der Waals surface area contributed by atoms with Crippen molar-refractivity contribution in [2.45, 2.75) is 51.1 Å². The highest BCUT2D eigenvalue weighted by Crippen LogP contribution is 2.29. The zero-order valence-electron chi connectivity index (χ0n) is 13.6. The van der Waals surface area contributed by atoms with E-state index >= 15 is 0 Å². The quantitative estimate of drug-likeness (QED) is 0.674. The highest BCUT2D eigenvalue weighted by atomic mass is 35.5. The second kappa shape index (κ2) is 6.71. The lowest BCUT2D eigenvalue weighted by atomic mass is 10.1. The molecular weight excluding hydrogens is 323 g/mol. The molecule has 1 unspecified atom stereocenters. The van der Waals surface area contributed by atoms with Crippen LogP contribution >= 0.6 is 23.2 Å². The van der Waals surface area contributed by atoms with Crippen LogP contribution in [0.5, 0.6) is 0 Å². The third-order valence-electron chi connectivity index (χ3n) is 3.78. The number of piperazine rings is 1. The maximum absolute atomic E-state index is 12.2. The number of carbonyl (C=O) groups is 1. The molecule has 1 aliphatic carbocycles. The Balaban J connectivity index is 1.97. The van der Waals surface area contributed by atoms with Crippen molar-refractivity contribution in [3.8, 4) is 0 Å². The summed E-state index contributed by atoms with van der Waals surface area (Å²) in [5.74, 6) is 0. The summed E-state index contributed by atoms with van der Waals surface area (Å²) in [4.78, 5) is 16.3. The molecule has 1 fully saturated rings. The van der Waals surface area contributed by atoms with E-state index in [0.717, 1.165) is 19.5 Å². The zero-order chi connectivity index (χ0) is 16.5. The fraction of sp³-hybridized carbons (Fsp3) is 0.688. The van der Waals surface area contributed by atoms with Crippen LogP contribution in [0.3, 0.4) is 0 Å². The fourth-order valence-electron chi connectivity index (χ4n) is 2.67. The van der Waals surface area contributed by atoms with Crippen LogP contribution in [0.15, 0.2) is 22.9 Å². The van der Waals surface area contributed by atoms with Crippen LogP contribution in [-0.2, 0) is 4.74 Å². The van der Waals surface area contributed by atoms with Crippen molar-refractivity contribution in [1.82, 2.24) is 9.80 Å². The number of halogens is 2. The molecule has 0 aromatic heterocycles. The fourth-order valence-corrected chi connectivity index (χ4v) is 3.05. The van der Waals surface area contributed by atoms with E-state index in [2.05, 4.69) is 4.90 Å². The summed E-state index contributed by atoms with van der Waals surface area (Å²) < 4.78 is 5.47. The molecule has 1 amide bonds. The second-order valence-electron chi connectivity index (χ2n) is 6.85. The Kier molecular flexibility index (Phi) is 5.33. The summed E-state index contributed by atoms with van der Waals surface area (Å²) in [5.41, 5.74) is 0.716. The molecule has 1 aliphatic heterocycles. The minimum atomic E-state index is -0.465. The van der Waals surface area contributed by atoms with Gasteiger partial charge in [-0.1, -0.05) is 11.6 Å². The molecule has 4 nitrogen and oxygen atoms in total. The summed E-state index contributed by atoms with van der Waals surface area (Å²) in [6.45, 7) is 9.91. The SMILES string of the molecule is C[C@@H]1CN(C2=CC=C(Cl)C(Cl)C2)CCN1C(=O)OC(C)(C)C. The van der Waals surface area contributed by atoms with Gasteiger partial charge >= 0.3 is 6.09 Å². The predicted molar refractivity (Wildman–Crippen MR) is 90.3 cm³/mol. The molecule has 2 atom stereocenters. The van der Waals surface area contributed by atoms with Crippen LogP contribution in [0.1, 0.15) is 34.1 Å². The Bertz CT molecular complexity index is 497. The van der Waals surface area contributed by atoms with E-state index in [-0.39, 0.29) is 17.5 Å². The lowest BCUT2D eigenvalue weighted by molar-refractivity contribution is 0.00468. The standard InChI is InChI=1S/C16H24Cl2N2O2/c1-11-10-19(12-5-6-13(17)14(18)9-12)7-8-20(11)15(21)22-16(2,3)4/h5-6,11,14H,7-10H2,1-4H3/t11-,14?/m1/s1. The number of rotatable bonds is 1. The first-order chi connectivity index (χ1) is 10.2. The van der Waals surface area contributed by atoms with Gasteiger partial charge in [-0.3, -0.25) is 0 Å². The first-order valence-corrected chi connectivity index (χ1v) is 8.43. The molecule has 2 aliphatic rings.